The van der Waals surface area contributed by atoms with Crippen LogP contribution in [0.15, 0.2) is 48.1 Å². The van der Waals surface area contributed by atoms with Gasteiger partial charge in [-0.05, 0) is 86.8 Å². The Bertz CT molecular complexity index is 1160. The molecule has 3 saturated carbocycles. The van der Waals surface area contributed by atoms with Gasteiger partial charge in [-0.3, -0.25) is 9.59 Å². The first kappa shape index (κ1) is 28.1. The van der Waals surface area contributed by atoms with Crippen molar-refractivity contribution >= 4 is 17.3 Å². The lowest BCUT2D eigenvalue weighted by atomic mass is 9.46. The summed E-state index contributed by atoms with van der Waals surface area (Å²) in [6.45, 7) is 6.24. The topological polar surface area (TPSA) is 108 Å². The summed E-state index contributed by atoms with van der Waals surface area (Å²) < 4.78 is 18.4. The van der Waals surface area contributed by atoms with Gasteiger partial charge in [0.1, 0.15) is 18.0 Å². The van der Waals surface area contributed by atoms with Gasteiger partial charge in [-0.15, -0.1) is 0 Å². The quantitative estimate of drug-likeness (QED) is 0.336. The molecule has 4 aliphatic carbocycles. The minimum absolute atomic E-state index is 0.00859. The van der Waals surface area contributed by atoms with Gasteiger partial charge in [-0.1, -0.05) is 38.8 Å². The second kappa shape index (κ2) is 10.5. The van der Waals surface area contributed by atoms with Crippen molar-refractivity contribution in [3.63, 3.8) is 0 Å². The number of carbonyl (C=O) groups is 2. The molecule has 3 fully saturated rings. The molecule has 1 aromatic carbocycles. The van der Waals surface area contributed by atoms with Crippen molar-refractivity contribution in [3.05, 3.63) is 48.1 Å². The molecule has 3 N–H and O–H groups in total. The molecule has 0 radical (unpaired) electrons. The van der Waals surface area contributed by atoms with Crippen LogP contribution in [0.25, 0.3) is 0 Å². The summed E-state index contributed by atoms with van der Waals surface area (Å²) >= 11 is 0. The van der Waals surface area contributed by atoms with Crippen LogP contribution >= 0.6 is 0 Å². The SMILES string of the molecule is CCC[C@H](OC)O[C@]1(C(=O)COc2ccc(N)cc2)CC[C@H]2[C@@H]3CCC4=CC(=O)C=C[C@]4(C)[C@H]3[C@@H](O)C[C@@]21C. The fraction of sp³-hybridized carbons (Fsp3) is 0.625. The van der Waals surface area contributed by atoms with Crippen LogP contribution in [0.4, 0.5) is 5.69 Å². The first-order valence-corrected chi connectivity index (χ1v) is 14.4. The number of ether oxygens (including phenoxy) is 3. The molecule has 0 aromatic heterocycles. The lowest BCUT2D eigenvalue weighted by Crippen LogP contribution is -2.63. The summed E-state index contributed by atoms with van der Waals surface area (Å²) in [4.78, 5) is 26.4. The fourth-order valence-electron chi connectivity index (χ4n) is 8.55. The molecule has 7 nitrogen and oxygen atoms in total. The number of benzene rings is 1. The van der Waals surface area contributed by atoms with Crippen LogP contribution in [0.1, 0.15) is 65.7 Å². The number of fused-ring (bicyclic) bond motifs is 5. The highest BCUT2D eigenvalue weighted by Gasteiger charge is 2.69. The van der Waals surface area contributed by atoms with Crippen molar-refractivity contribution in [1.29, 1.82) is 0 Å². The highest BCUT2D eigenvalue weighted by Crippen LogP contribution is 2.68. The average Bonchev–Trinajstić information content (AvgIpc) is 3.20. The summed E-state index contributed by atoms with van der Waals surface area (Å²) in [5.41, 5.74) is 5.47. The van der Waals surface area contributed by atoms with Gasteiger partial charge >= 0.3 is 0 Å². The smallest absolute Gasteiger partial charge is 0.202 e. The average molecular weight is 538 g/mol. The Hall–Kier alpha value is -2.48. The molecule has 0 aliphatic heterocycles. The largest absolute Gasteiger partial charge is 0.486 e. The van der Waals surface area contributed by atoms with Crippen LogP contribution < -0.4 is 10.5 Å². The fourth-order valence-corrected chi connectivity index (χ4v) is 8.55. The molecule has 0 saturated heterocycles. The van der Waals surface area contributed by atoms with Crippen LogP contribution in [0.5, 0.6) is 5.75 Å². The van der Waals surface area contributed by atoms with E-state index in [1.54, 1.807) is 43.5 Å². The summed E-state index contributed by atoms with van der Waals surface area (Å²) in [6, 6.07) is 7.02. The van der Waals surface area contributed by atoms with Gasteiger partial charge in [-0.2, -0.15) is 0 Å². The monoisotopic (exact) mass is 537 g/mol. The molecular weight excluding hydrogens is 494 g/mol. The number of carbonyl (C=O) groups excluding carboxylic acids is 2. The zero-order valence-corrected chi connectivity index (χ0v) is 23.7. The third-order valence-electron chi connectivity index (χ3n) is 10.4. The van der Waals surface area contributed by atoms with Crippen molar-refractivity contribution in [1.82, 2.24) is 0 Å². The van der Waals surface area contributed by atoms with Gasteiger partial charge < -0.3 is 25.1 Å². The van der Waals surface area contributed by atoms with Crippen LogP contribution in [-0.2, 0) is 19.1 Å². The van der Waals surface area contributed by atoms with Gasteiger partial charge in [0, 0.05) is 29.5 Å². The van der Waals surface area contributed by atoms with Crippen molar-refractivity contribution in [2.75, 3.05) is 19.5 Å². The highest BCUT2D eigenvalue weighted by atomic mass is 16.7. The number of methoxy groups -OCH3 is 1. The minimum Gasteiger partial charge on any atom is -0.486 e. The third kappa shape index (κ3) is 4.56. The Balaban J connectivity index is 1.48. The van der Waals surface area contributed by atoms with E-state index in [-0.39, 0.29) is 41.3 Å². The number of allylic oxidation sites excluding steroid dienone is 4. The maximum Gasteiger partial charge on any atom is 0.202 e. The maximum absolute atomic E-state index is 14.2. The van der Waals surface area contributed by atoms with Crippen LogP contribution in [0.2, 0.25) is 0 Å². The molecule has 8 atom stereocenters. The van der Waals surface area contributed by atoms with Crippen molar-refractivity contribution in [2.45, 2.75) is 83.7 Å². The molecule has 0 heterocycles. The molecule has 5 rings (SSSR count). The number of hydrogen-bond donors (Lipinski definition) is 2. The first-order chi connectivity index (χ1) is 18.6. The Morgan fingerprint density at radius 3 is 2.64 bits per heavy atom. The van der Waals surface area contributed by atoms with Crippen LogP contribution in [-0.4, -0.2) is 48.4 Å². The molecule has 1 aromatic rings. The van der Waals surface area contributed by atoms with Crippen molar-refractivity contribution in [2.24, 2.45) is 28.6 Å². The number of hydrogen-bond acceptors (Lipinski definition) is 7. The normalized spacial score (nSPS) is 37.9. The first-order valence-electron chi connectivity index (χ1n) is 14.4. The van der Waals surface area contributed by atoms with E-state index < -0.39 is 23.4 Å². The number of Topliss-reactive ketones (excluding diaryl/α,β-unsaturated/α-hetero) is 1. The molecule has 0 unspecified atom stereocenters. The number of rotatable bonds is 9. The van der Waals surface area contributed by atoms with E-state index in [4.69, 9.17) is 19.9 Å². The zero-order valence-electron chi connectivity index (χ0n) is 23.7. The molecule has 39 heavy (non-hydrogen) atoms. The Labute approximate surface area is 231 Å². The number of aliphatic hydroxyl groups is 1. The Kier molecular flexibility index (Phi) is 7.55. The van der Waals surface area contributed by atoms with Crippen molar-refractivity contribution < 1.29 is 28.9 Å². The number of nitrogen functional groups attached to an aromatic ring is 1. The number of aliphatic hydroxyl groups excluding tert-OH is 1. The summed E-state index contributed by atoms with van der Waals surface area (Å²) in [5, 5.41) is 11.8. The van der Waals surface area contributed by atoms with E-state index in [9.17, 15) is 14.7 Å². The Morgan fingerprint density at radius 1 is 1.21 bits per heavy atom. The van der Waals surface area contributed by atoms with E-state index in [1.807, 2.05) is 6.08 Å². The van der Waals surface area contributed by atoms with Crippen LogP contribution in [0, 0.1) is 28.6 Å². The standard InChI is InChI=1S/C32H43NO6/c1-5-6-28(37-4)39-32(27(36)19-38-23-10-8-21(33)9-11-23)16-14-25-24-12-7-20-17-22(34)13-15-30(20,2)29(24)26(35)18-31(25,32)3/h8-11,13,15,17,24-26,28-29,35H,5-7,12,14,16,18-19,33H2,1-4H3/t24-,25-,26-,28+,29+,30-,31-,32-/m0/s1. The summed E-state index contributed by atoms with van der Waals surface area (Å²) in [7, 11) is 1.62. The minimum atomic E-state index is -1.14. The van der Waals surface area contributed by atoms with Gasteiger partial charge in [0.2, 0.25) is 5.78 Å². The van der Waals surface area contributed by atoms with E-state index in [0.717, 1.165) is 31.3 Å². The third-order valence-corrected chi connectivity index (χ3v) is 10.4. The molecule has 0 bridgehead atoms. The van der Waals surface area contributed by atoms with Gasteiger partial charge in [0.05, 0.1) is 6.10 Å². The van der Waals surface area contributed by atoms with E-state index in [2.05, 4.69) is 20.8 Å². The number of nitrogens with two attached hydrogens (primary N) is 1. The van der Waals surface area contributed by atoms with E-state index in [1.165, 1.54) is 0 Å². The van der Waals surface area contributed by atoms with E-state index in [0.29, 0.717) is 30.7 Å². The molecule has 4 aliphatic rings. The van der Waals surface area contributed by atoms with E-state index >= 15 is 0 Å². The van der Waals surface area contributed by atoms with Crippen molar-refractivity contribution in [3.8, 4) is 5.75 Å². The molecule has 7 heteroatoms. The predicted molar refractivity (Wildman–Crippen MR) is 149 cm³/mol. The van der Waals surface area contributed by atoms with Gasteiger partial charge in [0.25, 0.3) is 0 Å². The molecule has 0 amide bonds. The zero-order chi connectivity index (χ0) is 28.0. The maximum atomic E-state index is 14.2. The highest BCUT2D eigenvalue weighted by molar-refractivity contribution is 6.01. The Morgan fingerprint density at radius 2 is 1.95 bits per heavy atom. The molecule has 212 valence electrons. The predicted octanol–water partition coefficient (Wildman–Crippen LogP) is 5.02. The van der Waals surface area contributed by atoms with Crippen LogP contribution in [0.3, 0.4) is 0 Å². The lowest BCUT2D eigenvalue weighted by Gasteiger charge is -2.60. The summed E-state index contributed by atoms with van der Waals surface area (Å²) in [5.74, 6) is 0.880. The number of anilines is 1. The molecule has 0 spiro atoms. The van der Waals surface area contributed by atoms with Gasteiger partial charge in [-0.25, -0.2) is 0 Å². The lowest BCUT2D eigenvalue weighted by molar-refractivity contribution is -0.248. The molecular formula is C32H43NO6. The van der Waals surface area contributed by atoms with Gasteiger partial charge in [0.15, 0.2) is 12.1 Å². The second-order valence-corrected chi connectivity index (χ2v) is 12.4. The number of ketones is 2. The summed E-state index contributed by atoms with van der Waals surface area (Å²) in [6.07, 6.45) is 9.36. The second-order valence-electron chi connectivity index (χ2n) is 12.4.